The van der Waals surface area contributed by atoms with Crippen LogP contribution in [0.3, 0.4) is 0 Å². The molecule has 4 heteroatoms. The van der Waals surface area contributed by atoms with Gasteiger partial charge in [-0.1, -0.05) is 31.5 Å². The van der Waals surface area contributed by atoms with E-state index in [2.05, 4.69) is 5.32 Å². The van der Waals surface area contributed by atoms with Crippen LogP contribution in [0.25, 0.3) is 0 Å². The predicted molar refractivity (Wildman–Crippen MR) is 77.7 cm³/mol. The molecule has 0 aromatic heterocycles. The van der Waals surface area contributed by atoms with Crippen LogP contribution in [0.15, 0.2) is 24.3 Å². The summed E-state index contributed by atoms with van der Waals surface area (Å²) in [7, 11) is 0. The first-order chi connectivity index (χ1) is 9.04. The second-order valence-electron chi connectivity index (χ2n) is 5.11. The molecule has 0 saturated heterocycles. The normalized spacial score (nSPS) is 13.9. The molecule has 1 aromatic carbocycles. The zero-order valence-electron chi connectivity index (χ0n) is 11.7. The topological polar surface area (TPSA) is 75.4 Å². The molecular weight excluding hydrogens is 240 g/mol. The van der Waals surface area contributed by atoms with Crippen molar-refractivity contribution in [1.82, 2.24) is 0 Å². The Hall–Kier alpha value is -1.39. The van der Waals surface area contributed by atoms with Crippen molar-refractivity contribution in [3.63, 3.8) is 0 Å². The van der Waals surface area contributed by atoms with Gasteiger partial charge in [-0.05, 0) is 25.8 Å². The van der Waals surface area contributed by atoms with Gasteiger partial charge in [0.05, 0.1) is 6.61 Å². The van der Waals surface area contributed by atoms with Gasteiger partial charge in [-0.3, -0.25) is 4.79 Å². The fraction of sp³-hybridized carbons (Fsp3) is 0.533. The molecule has 0 aliphatic carbocycles. The molecule has 0 aliphatic rings. The van der Waals surface area contributed by atoms with E-state index in [4.69, 9.17) is 5.73 Å². The molecule has 2 unspecified atom stereocenters. The largest absolute Gasteiger partial charge is 0.392 e. The summed E-state index contributed by atoms with van der Waals surface area (Å²) in [5.74, 6) is -0.0592. The number of nitrogens with two attached hydrogens (primary N) is 1. The van der Waals surface area contributed by atoms with Gasteiger partial charge in [-0.15, -0.1) is 0 Å². The van der Waals surface area contributed by atoms with E-state index in [0.717, 1.165) is 24.8 Å². The molecule has 0 radical (unpaired) electrons. The Bertz CT molecular complexity index is 405. The number of hydrogen-bond donors (Lipinski definition) is 3. The molecular formula is C15H24N2O2. The highest BCUT2D eigenvalue weighted by atomic mass is 16.3. The molecule has 4 N–H and O–H groups in total. The van der Waals surface area contributed by atoms with Crippen molar-refractivity contribution in [3.8, 4) is 0 Å². The van der Waals surface area contributed by atoms with Crippen molar-refractivity contribution in [2.75, 3.05) is 5.32 Å². The molecule has 0 aliphatic heterocycles. The summed E-state index contributed by atoms with van der Waals surface area (Å²) in [4.78, 5) is 12.0. The summed E-state index contributed by atoms with van der Waals surface area (Å²) < 4.78 is 0. The first-order valence-corrected chi connectivity index (χ1v) is 6.79. The smallest absolute Gasteiger partial charge is 0.227 e. The minimum atomic E-state index is -0.0739. The quantitative estimate of drug-likeness (QED) is 0.707. The van der Waals surface area contributed by atoms with Gasteiger partial charge in [0.15, 0.2) is 0 Å². The number of anilines is 1. The number of hydrogen-bond acceptors (Lipinski definition) is 3. The number of benzene rings is 1. The van der Waals surface area contributed by atoms with Gasteiger partial charge in [-0.25, -0.2) is 0 Å². The molecule has 0 spiro atoms. The number of nitrogens with one attached hydrogen (secondary N) is 1. The highest BCUT2D eigenvalue weighted by Crippen LogP contribution is 2.17. The maximum absolute atomic E-state index is 12.0. The lowest BCUT2D eigenvalue weighted by molar-refractivity contribution is -0.119. The Morgan fingerprint density at radius 2 is 2.00 bits per heavy atom. The molecule has 1 amide bonds. The molecule has 2 atom stereocenters. The number of para-hydroxylation sites is 1. The number of rotatable bonds is 7. The van der Waals surface area contributed by atoms with Gasteiger partial charge in [0.2, 0.25) is 5.91 Å². The molecule has 1 aromatic rings. The Balaban J connectivity index is 2.49. The van der Waals surface area contributed by atoms with Crippen LogP contribution in [-0.4, -0.2) is 17.1 Å². The van der Waals surface area contributed by atoms with Crippen molar-refractivity contribution in [2.45, 2.75) is 45.8 Å². The second kappa shape index (κ2) is 7.92. The predicted octanol–water partition coefficient (Wildman–Crippen LogP) is 2.27. The average molecular weight is 264 g/mol. The lowest BCUT2D eigenvalue weighted by Gasteiger charge is -2.14. The third kappa shape index (κ3) is 5.41. The first-order valence-electron chi connectivity index (χ1n) is 6.79. The zero-order valence-corrected chi connectivity index (χ0v) is 11.7. The van der Waals surface area contributed by atoms with Crippen molar-refractivity contribution >= 4 is 11.6 Å². The second-order valence-corrected chi connectivity index (χ2v) is 5.11. The molecule has 1 rings (SSSR count). The van der Waals surface area contributed by atoms with Gasteiger partial charge in [0.1, 0.15) is 0 Å². The molecule has 0 fully saturated rings. The molecule has 106 valence electrons. The van der Waals surface area contributed by atoms with Crippen LogP contribution in [0.2, 0.25) is 0 Å². The third-order valence-corrected chi connectivity index (χ3v) is 3.19. The molecule has 0 saturated carbocycles. The summed E-state index contributed by atoms with van der Waals surface area (Å²) in [5.41, 5.74) is 7.11. The van der Waals surface area contributed by atoms with E-state index in [1.807, 2.05) is 26.0 Å². The Labute approximate surface area is 115 Å². The minimum absolute atomic E-state index is 0.00873. The molecule has 0 heterocycles. The SMILES string of the molecule is CC(N)CCCC(C)C(=O)Nc1ccccc1CO. The van der Waals surface area contributed by atoms with E-state index in [0.29, 0.717) is 5.69 Å². The minimum Gasteiger partial charge on any atom is -0.392 e. The molecule has 19 heavy (non-hydrogen) atoms. The van der Waals surface area contributed by atoms with E-state index in [1.54, 1.807) is 12.1 Å². The van der Waals surface area contributed by atoms with E-state index in [9.17, 15) is 9.90 Å². The van der Waals surface area contributed by atoms with Crippen LogP contribution in [0.4, 0.5) is 5.69 Å². The van der Waals surface area contributed by atoms with Crippen LogP contribution in [0.1, 0.15) is 38.7 Å². The summed E-state index contributed by atoms with van der Waals surface area (Å²) >= 11 is 0. The van der Waals surface area contributed by atoms with Crippen LogP contribution in [-0.2, 0) is 11.4 Å². The number of aliphatic hydroxyl groups excluding tert-OH is 1. The van der Waals surface area contributed by atoms with Gasteiger partial charge >= 0.3 is 0 Å². The number of aliphatic hydroxyl groups is 1. The van der Waals surface area contributed by atoms with Crippen molar-refractivity contribution in [1.29, 1.82) is 0 Å². The average Bonchev–Trinajstić information content (AvgIpc) is 2.38. The summed E-state index contributed by atoms with van der Waals surface area (Å²) in [6.07, 6.45) is 2.72. The lowest BCUT2D eigenvalue weighted by Crippen LogP contribution is -2.22. The zero-order chi connectivity index (χ0) is 14.3. The van der Waals surface area contributed by atoms with E-state index >= 15 is 0 Å². The van der Waals surface area contributed by atoms with Crippen LogP contribution >= 0.6 is 0 Å². The van der Waals surface area contributed by atoms with Gasteiger partial charge < -0.3 is 16.2 Å². The summed E-state index contributed by atoms with van der Waals surface area (Å²) in [6.45, 7) is 3.82. The Morgan fingerprint density at radius 3 is 2.63 bits per heavy atom. The van der Waals surface area contributed by atoms with Crippen molar-refractivity contribution in [2.24, 2.45) is 11.7 Å². The van der Waals surface area contributed by atoms with E-state index < -0.39 is 0 Å². The maximum atomic E-state index is 12.0. The van der Waals surface area contributed by atoms with Crippen LogP contribution < -0.4 is 11.1 Å². The lowest BCUT2D eigenvalue weighted by atomic mass is 10.0. The van der Waals surface area contributed by atoms with E-state index in [-0.39, 0.29) is 24.5 Å². The molecule has 4 nitrogen and oxygen atoms in total. The fourth-order valence-corrected chi connectivity index (χ4v) is 1.91. The van der Waals surface area contributed by atoms with Crippen molar-refractivity contribution < 1.29 is 9.90 Å². The van der Waals surface area contributed by atoms with Crippen LogP contribution in [0, 0.1) is 5.92 Å². The number of carbonyl (C=O) groups excluding carboxylic acids is 1. The van der Waals surface area contributed by atoms with Crippen molar-refractivity contribution in [3.05, 3.63) is 29.8 Å². The standard InChI is InChI=1S/C15H24N2O2/c1-11(6-5-7-12(2)16)15(19)17-14-9-4-3-8-13(14)10-18/h3-4,8-9,11-12,18H,5-7,10,16H2,1-2H3,(H,17,19). The third-order valence-electron chi connectivity index (χ3n) is 3.19. The highest BCUT2D eigenvalue weighted by Gasteiger charge is 2.14. The summed E-state index contributed by atoms with van der Waals surface area (Å²) in [6, 6.07) is 7.47. The van der Waals surface area contributed by atoms with Crippen LogP contribution in [0.5, 0.6) is 0 Å². The summed E-state index contributed by atoms with van der Waals surface area (Å²) in [5, 5.41) is 12.1. The maximum Gasteiger partial charge on any atom is 0.227 e. The Morgan fingerprint density at radius 1 is 1.32 bits per heavy atom. The highest BCUT2D eigenvalue weighted by molar-refractivity contribution is 5.92. The number of amides is 1. The van der Waals surface area contributed by atoms with E-state index in [1.165, 1.54) is 0 Å². The van der Waals surface area contributed by atoms with Gasteiger partial charge in [0, 0.05) is 23.2 Å². The monoisotopic (exact) mass is 264 g/mol. The first kappa shape index (κ1) is 15.7. The van der Waals surface area contributed by atoms with Gasteiger partial charge in [-0.2, -0.15) is 0 Å². The molecule has 0 bridgehead atoms. The van der Waals surface area contributed by atoms with Gasteiger partial charge in [0.25, 0.3) is 0 Å². The fourth-order valence-electron chi connectivity index (χ4n) is 1.91. The number of carbonyl (C=O) groups is 1. The Kier molecular flexibility index (Phi) is 6.53.